The van der Waals surface area contributed by atoms with Gasteiger partial charge in [-0.2, -0.15) is 23.2 Å². The number of alkyl halides is 3. The summed E-state index contributed by atoms with van der Waals surface area (Å²) in [6.07, 6.45) is -5.79. The number of halogens is 3. The molecule has 0 aliphatic carbocycles. The Morgan fingerprint density at radius 1 is 1.32 bits per heavy atom. The summed E-state index contributed by atoms with van der Waals surface area (Å²) in [7, 11) is -4.30. The molecule has 0 amide bonds. The number of aryl methyl sites for hydroxylation is 1. The van der Waals surface area contributed by atoms with Gasteiger partial charge >= 0.3 is 6.18 Å². The number of nitriles is 1. The number of sulfonamides is 1. The Morgan fingerprint density at radius 3 is 2.26 bits per heavy atom. The molecule has 0 fully saturated rings. The van der Waals surface area contributed by atoms with Gasteiger partial charge in [0.25, 0.3) is 0 Å². The maximum absolute atomic E-state index is 12.5. The lowest BCUT2D eigenvalue weighted by molar-refractivity contribution is -0.150. The quantitative estimate of drug-likeness (QED) is 0.924. The molecule has 0 aliphatic heterocycles. The van der Waals surface area contributed by atoms with E-state index in [-0.39, 0.29) is 4.90 Å². The van der Waals surface area contributed by atoms with E-state index in [9.17, 15) is 21.6 Å². The molecule has 0 radical (unpaired) electrons. The Morgan fingerprint density at radius 2 is 1.84 bits per heavy atom. The Bertz CT molecular complexity index is 573. The van der Waals surface area contributed by atoms with Gasteiger partial charge in [-0.25, -0.2) is 8.42 Å². The normalized spacial score (nSPS) is 13.8. The SMILES string of the molecule is Cc1ccc(S(=O)(=O)NC(CC#N)C(F)(F)F)cc1. The fourth-order valence-electron chi connectivity index (χ4n) is 1.29. The molecule has 1 rings (SSSR count). The summed E-state index contributed by atoms with van der Waals surface area (Å²) in [5, 5.41) is 8.32. The average molecular weight is 292 g/mol. The summed E-state index contributed by atoms with van der Waals surface area (Å²) in [6.45, 7) is 1.72. The van der Waals surface area contributed by atoms with E-state index in [2.05, 4.69) is 0 Å². The van der Waals surface area contributed by atoms with Crippen LogP contribution >= 0.6 is 0 Å². The van der Waals surface area contributed by atoms with Crippen LogP contribution in [0.5, 0.6) is 0 Å². The molecule has 1 aromatic rings. The Balaban J connectivity index is 3.01. The van der Waals surface area contributed by atoms with Crippen LogP contribution in [0.2, 0.25) is 0 Å². The molecule has 1 aromatic carbocycles. The molecule has 1 N–H and O–H groups in total. The van der Waals surface area contributed by atoms with Gasteiger partial charge in [0.15, 0.2) is 0 Å². The molecule has 0 heterocycles. The lowest BCUT2D eigenvalue weighted by atomic mass is 10.2. The zero-order valence-corrected chi connectivity index (χ0v) is 10.7. The van der Waals surface area contributed by atoms with Crippen LogP contribution in [0.3, 0.4) is 0 Å². The first kappa shape index (κ1) is 15.5. The summed E-state index contributed by atoms with van der Waals surface area (Å²) in [5.41, 5.74) is 0.781. The molecule has 1 unspecified atom stereocenters. The van der Waals surface area contributed by atoms with Crippen molar-refractivity contribution in [2.75, 3.05) is 0 Å². The third kappa shape index (κ3) is 4.22. The van der Waals surface area contributed by atoms with Crippen LogP contribution in [-0.2, 0) is 10.0 Å². The molecule has 0 bridgehead atoms. The van der Waals surface area contributed by atoms with Crippen LogP contribution in [0.4, 0.5) is 13.2 Å². The summed E-state index contributed by atoms with van der Waals surface area (Å²) < 4.78 is 62.6. The zero-order valence-electron chi connectivity index (χ0n) is 9.90. The van der Waals surface area contributed by atoms with E-state index in [0.717, 1.165) is 5.56 Å². The topological polar surface area (TPSA) is 70.0 Å². The minimum atomic E-state index is -4.81. The van der Waals surface area contributed by atoms with Crippen LogP contribution in [0, 0.1) is 18.3 Å². The van der Waals surface area contributed by atoms with E-state index in [1.54, 1.807) is 6.92 Å². The van der Waals surface area contributed by atoms with Crippen molar-refractivity contribution in [2.45, 2.75) is 30.5 Å². The highest BCUT2D eigenvalue weighted by molar-refractivity contribution is 7.89. The van der Waals surface area contributed by atoms with Gasteiger partial charge in [0.05, 0.1) is 17.4 Å². The first-order valence-corrected chi connectivity index (χ1v) is 6.68. The van der Waals surface area contributed by atoms with E-state index in [1.165, 1.54) is 35.1 Å². The van der Waals surface area contributed by atoms with E-state index in [0.29, 0.717) is 0 Å². The van der Waals surface area contributed by atoms with Gasteiger partial charge in [0, 0.05) is 0 Å². The van der Waals surface area contributed by atoms with Gasteiger partial charge in [-0.3, -0.25) is 0 Å². The smallest absolute Gasteiger partial charge is 0.207 e. The van der Waals surface area contributed by atoms with E-state index < -0.39 is 28.7 Å². The van der Waals surface area contributed by atoms with Crippen molar-refractivity contribution in [1.82, 2.24) is 4.72 Å². The Labute approximate surface area is 108 Å². The average Bonchev–Trinajstić information content (AvgIpc) is 2.27. The highest BCUT2D eigenvalue weighted by Gasteiger charge is 2.42. The third-order valence-corrected chi connectivity index (χ3v) is 3.81. The number of benzene rings is 1. The second-order valence-corrected chi connectivity index (χ2v) is 5.60. The van der Waals surface area contributed by atoms with Gasteiger partial charge in [-0.05, 0) is 19.1 Å². The van der Waals surface area contributed by atoms with Crippen molar-refractivity contribution in [1.29, 1.82) is 5.26 Å². The maximum Gasteiger partial charge on any atom is 0.405 e. The minimum Gasteiger partial charge on any atom is -0.207 e. The van der Waals surface area contributed by atoms with Crippen molar-refractivity contribution < 1.29 is 21.6 Å². The van der Waals surface area contributed by atoms with Crippen LogP contribution in [0.1, 0.15) is 12.0 Å². The fourth-order valence-corrected chi connectivity index (χ4v) is 2.51. The number of hydrogen-bond donors (Lipinski definition) is 1. The molecule has 1 atom stereocenters. The molecule has 19 heavy (non-hydrogen) atoms. The molecule has 0 saturated carbocycles. The molecule has 0 aliphatic rings. The fraction of sp³-hybridized carbons (Fsp3) is 0.364. The summed E-state index contributed by atoms with van der Waals surface area (Å²) in [4.78, 5) is -0.273. The second kappa shape index (κ2) is 5.59. The van der Waals surface area contributed by atoms with Crippen molar-refractivity contribution >= 4 is 10.0 Å². The highest BCUT2D eigenvalue weighted by atomic mass is 32.2. The number of nitrogens with one attached hydrogen (secondary N) is 1. The predicted octanol–water partition coefficient (Wildman–Crippen LogP) is 2.12. The predicted molar refractivity (Wildman–Crippen MR) is 61.6 cm³/mol. The van der Waals surface area contributed by atoms with Crippen molar-refractivity contribution in [2.24, 2.45) is 0 Å². The van der Waals surface area contributed by atoms with Crippen molar-refractivity contribution in [3.63, 3.8) is 0 Å². The first-order valence-electron chi connectivity index (χ1n) is 5.19. The molecule has 4 nitrogen and oxygen atoms in total. The largest absolute Gasteiger partial charge is 0.405 e. The number of rotatable bonds is 4. The number of nitrogens with zero attached hydrogens (tertiary/aromatic N) is 1. The van der Waals surface area contributed by atoms with Crippen LogP contribution in [0.15, 0.2) is 29.2 Å². The van der Waals surface area contributed by atoms with Crippen LogP contribution < -0.4 is 4.72 Å². The lowest BCUT2D eigenvalue weighted by Crippen LogP contribution is -2.45. The van der Waals surface area contributed by atoms with Gasteiger partial charge in [0.2, 0.25) is 10.0 Å². The van der Waals surface area contributed by atoms with E-state index in [4.69, 9.17) is 5.26 Å². The first-order chi connectivity index (χ1) is 8.66. The summed E-state index contributed by atoms with van der Waals surface area (Å²) >= 11 is 0. The summed E-state index contributed by atoms with van der Waals surface area (Å²) in [5.74, 6) is 0. The minimum absolute atomic E-state index is 0.273. The Kier molecular flexibility index (Phi) is 4.55. The van der Waals surface area contributed by atoms with E-state index in [1.807, 2.05) is 0 Å². The molecule has 0 aromatic heterocycles. The Hall–Kier alpha value is -1.59. The second-order valence-electron chi connectivity index (χ2n) is 3.89. The molecular weight excluding hydrogens is 281 g/mol. The summed E-state index contributed by atoms with van der Waals surface area (Å²) in [6, 6.07) is 4.26. The maximum atomic E-state index is 12.5. The molecule has 0 spiro atoms. The molecule has 0 saturated heterocycles. The monoisotopic (exact) mass is 292 g/mol. The van der Waals surface area contributed by atoms with Crippen LogP contribution in [-0.4, -0.2) is 20.6 Å². The van der Waals surface area contributed by atoms with Gasteiger partial charge in [-0.15, -0.1) is 0 Å². The van der Waals surface area contributed by atoms with Crippen molar-refractivity contribution in [3.05, 3.63) is 29.8 Å². The number of hydrogen-bond acceptors (Lipinski definition) is 3. The molecular formula is C11H11F3N2O2S. The van der Waals surface area contributed by atoms with E-state index >= 15 is 0 Å². The van der Waals surface area contributed by atoms with Crippen LogP contribution in [0.25, 0.3) is 0 Å². The van der Waals surface area contributed by atoms with Gasteiger partial charge < -0.3 is 0 Å². The zero-order chi connectivity index (χ0) is 14.7. The lowest BCUT2D eigenvalue weighted by Gasteiger charge is -2.19. The van der Waals surface area contributed by atoms with Crippen molar-refractivity contribution in [3.8, 4) is 6.07 Å². The van der Waals surface area contributed by atoms with Gasteiger partial charge in [-0.1, -0.05) is 17.7 Å². The van der Waals surface area contributed by atoms with Gasteiger partial charge in [0.1, 0.15) is 6.04 Å². The highest BCUT2D eigenvalue weighted by Crippen LogP contribution is 2.24. The standard InChI is InChI=1S/C11H11F3N2O2S/c1-8-2-4-9(5-3-8)19(17,18)16-10(6-7-15)11(12,13)14/h2-5,10,16H,6H2,1H3. The molecule has 8 heteroatoms. The molecule has 104 valence electrons. The third-order valence-electron chi connectivity index (χ3n) is 2.32.